The Balaban J connectivity index is 1.54. The zero-order valence-corrected chi connectivity index (χ0v) is 19.1. The Morgan fingerprint density at radius 1 is 1.30 bits per heavy atom. The molecule has 0 aliphatic heterocycles. The number of hydrogen-bond acceptors (Lipinski definition) is 8. The van der Waals surface area contributed by atoms with Gasteiger partial charge in [0.05, 0.1) is 30.1 Å². The summed E-state index contributed by atoms with van der Waals surface area (Å²) < 4.78 is 42.7. The Morgan fingerprint density at radius 2 is 2.09 bits per heavy atom. The van der Waals surface area contributed by atoms with Gasteiger partial charge in [0.15, 0.2) is 11.5 Å². The molecule has 33 heavy (non-hydrogen) atoms. The van der Waals surface area contributed by atoms with Gasteiger partial charge in [-0.15, -0.1) is 24.5 Å². The molecule has 5 atom stereocenters. The van der Waals surface area contributed by atoms with Crippen LogP contribution in [0.2, 0.25) is 5.02 Å². The third-order valence-electron chi connectivity index (χ3n) is 5.90. The SMILES string of the molecule is CC[C@H](Cc1sccc1Cl)Nc1ncnc2c1ncn2[C@@H]1C[C@H](COC(F)(F)F)[C@@H](O)[C@H]1O. The van der Waals surface area contributed by atoms with Crippen molar-refractivity contribution < 1.29 is 28.1 Å². The monoisotopic (exact) mass is 505 g/mol. The minimum Gasteiger partial charge on any atom is -0.390 e. The van der Waals surface area contributed by atoms with Gasteiger partial charge in [-0.3, -0.25) is 4.74 Å². The van der Waals surface area contributed by atoms with E-state index in [1.54, 1.807) is 15.9 Å². The lowest BCUT2D eigenvalue weighted by molar-refractivity contribution is -0.329. The first-order valence-electron chi connectivity index (χ1n) is 10.4. The van der Waals surface area contributed by atoms with E-state index in [2.05, 4.69) is 25.0 Å². The fourth-order valence-corrected chi connectivity index (χ4v) is 5.32. The van der Waals surface area contributed by atoms with E-state index in [0.29, 0.717) is 23.4 Å². The second kappa shape index (κ2) is 9.71. The van der Waals surface area contributed by atoms with Crippen molar-refractivity contribution in [2.24, 2.45) is 5.92 Å². The van der Waals surface area contributed by atoms with E-state index in [-0.39, 0.29) is 12.5 Å². The van der Waals surface area contributed by atoms with Crippen molar-refractivity contribution in [2.45, 2.75) is 56.8 Å². The van der Waals surface area contributed by atoms with Crippen LogP contribution in [0.15, 0.2) is 24.1 Å². The lowest BCUT2D eigenvalue weighted by Crippen LogP contribution is -2.32. The number of hydrogen-bond donors (Lipinski definition) is 3. The van der Waals surface area contributed by atoms with Gasteiger partial charge in [0.1, 0.15) is 17.9 Å². The van der Waals surface area contributed by atoms with Gasteiger partial charge in [-0.2, -0.15) is 0 Å². The van der Waals surface area contributed by atoms with Gasteiger partial charge < -0.3 is 20.1 Å². The van der Waals surface area contributed by atoms with Crippen molar-refractivity contribution in [1.29, 1.82) is 0 Å². The lowest BCUT2D eigenvalue weighted by Gasteiger charge is -2.19. The number of nitrogens with zero attached hydrogens (tertiary/aromatic N) is 4. The third-order valence-corrected chi connectivity index (χ3v) is 7.31. The van der Waals surface area contributed by atoms with E-state index in [1.807, 2.05) is 18.4 Å². The molecular weight excluding hydrogens is 483 g/mol. The summed E-state index contributed by atoms with van der Waals surface area (Å²) in [5.41, 5.74) is 0.870. The Bertz CT molecular complexity index is 1090. The summed E-state index contributed by atoms with van der Waals surface area (Å²) >= 11 is 7.80. The van der Waals surface area contributed by atoms with Gasteiger partial charge >= 0.3 is 6.36 Å². The Labute approximate surface area is 196 Å². The maximum Gasteiger partial charge on any atom is 0.522 e. The molecular formula is C20H23ClF3N5O3S. The molecule has 1 aliphatic carbocycles. The molecule has 3 aromatic rings. The number of fused-ring (bicyclic) bond motifs is 1. The van der Waals surface area contributed by atoms with Crippen LogP contribution in [-0.4, -0.2) is 61.0 Å². The summed E-state index contributed by atoms with van der Waals surface area (Å²) in [6.07, 6.45) is -3.07. The maximum atomic E-state index is 12.4. The first-order valence-corrected chi connectivity index (χ1v) is 11.7. The molecule has 1 aliphatic rings. The standard InChI is InChI=1S/C20H23ClF3N5O3S/c1-2-11(6-14-12(21)3-4-33-14)28-18-15-19(26-8-25-18)29(9-27-15)13-5-10(16(30)17(13)31)7-32-20(22,23)24/h3-4,8-11,13,16-17,30-31H,2,5-7H2,1H3,(H,25,26,28)/t10-,11-,13-,16-,17+/m1/s1. The summed E-state index contributed by atoms with van der Waals surface area (Å²) in [5, 5.41) is 26.8. The highest BCUT2D eigenvalue weighted by atomic mass is 35.5. The maximum absolute atomic E-state index is 12.4. The molecule has 180 valence electrons. The largest absolute Gasteiger partial charge is 0.522 e. The molecule has 3 heterocycles. The summed E-state index contributed by atoms with van der Waals surface area (Å²) in [6, 6.07) is 1.18. The number of nitrogens with one attached hydrogen (secondary N) is 1. The number of halogens is 4. The van der Waals surface area contributed by atoms with Gasteiger partial charge in [-0.05, 0) is 24.3 Å². The highest BCUT2D eigenvalue weighted by molar-refractivity contribution is 7.10. The van der Waals surface area contributed by atoms with Crippen LogP contribution in [-0.2, 0) is 11.2 Å². The number of rotatable bonds is 8. The van der Waals surface area contributed by atoms with Crippen LogP contribution in [0.5, 0.6) is 0 Å². The van der Waals surface area contributed by atoms with Gasteiger partial charge in [0.2, 0.25) is 0 Å². The quantitative estimate of drug-likeness (QED) is 0.427. The van der Waals surface area contributed by atoms with Crippen LogP contribution < -0.4 is 5.32 Å². The molecule has 0 aromatic carbocycles. The van der Waals surface area contributed by atoms with E-state index in [4.69, 9.17) is 11.6 Å². The summed E-state index contributed by atoms with van der Waals surface area (Å²) in [7, 11) is 0. The number of aliphatic hydroxyl groups is 2. The van der Waals surface area contributed by atoms with E-state index in [9.17, 15) is 23.4 Å². The zero-order chi connectivity index (χ0) is 23.8. The highest BCUT2D eigenvalue weighted by Gasteiger charge is 2.44. The summed E-state index contributed by atoms with van der Waals surface area (Å²) in [4.78, 5) is 14.0. The molecule has 3 aromatic heterocycles. The normalized spacial score (nSPS) is 24.5. The molecule has 1 saturated carbocycles. The molecule has 0 spiro atoms. The predicted octanol–water partition coefficient (Wildman–Crippen LogP) is 3.79. The van der Waals surface area contributed by atoms with Gasteiger partial charge in [-0.25, -0.2) is 15.0 Å². The van der Waals surface area contributed by atoms with Gasteiger partial charge in [-0.1, -0.05) is 18.5 Å². The van der Waals surface area contributed by atoms with Crippen LogP contribution in [0.4, 0.5) is 19.0 Å². The average Bonchev–Trinajstić information content (AvgIpc) is 3.45. The van der Waals surface area contributed by atoms with Crippen molar-refractivity contribution in [3.8, 4) is 0 Å². The average molecular weight is 506 g/mol. The van der Waals surface area contributed by atoms with Crippen LogP contribution in [0.1, 0.15) is 30.7 Å². The summed E-state index contributed by atoms with van der Waals surface area (Å²) in [6.45, 7) is 1.30. The van der Waals surface area contributed by atoms with Gasteiger partial charge in [0.25, 0.3) is 0 Å². The molecule has 3 N–H and O–H groups in total. The third kappa shape index (κ3) is 5.24. The molecule has 0 amide bonds. The number of thiophene rings is 1. The van der Waals surface area contributed by atoms with Crippen molar-refractivity contribution in [3.05, 3.63) is 34.0 Å². The van der Waals surface area contributed by atoms with E-state index >= 15 is 0 Å². The molecule has 1 fully saturated rings. The number of aromatic nitrogens is 4. The minimum absolute atomic E-state index is 0.0344. The van der Waals surface area contributed by atoms with Crippen LogP contribution in [0.3, 0.4) is 0 Å². The van der Waals surface area contributed by atoms with Crippen LogP contribution in [0, 0.1) is 5.92 Å². The Kier molecular flexibility index (Phi) is 7.10. The molecule has 0 unspecified atom stereocenters. The van der Waals surface area contributed by atoms with Crippen LogP contribution >= 0.6 is 22.9 Å². The van der Waals surface area contributed by atoms with Crippen molar-refractivity contribution >= 4 is 39.9 Å². The van der Waals surface area contributed by atoms with E-state index in [1.165, 1.54) is 12.7 Å². The van der Waals surface area contributed by atoms with Crippen molar-refractivity contribution in [3.63, 3.8) is 0 Å². The smallest absolute Gasteiger partial charge is 0.390 e. The lowest BCUT2D eigenvalue weighted by atomic mass is 10.1. The predicted molar refractivity (Wildman–Crippen MR) is 117 cm³/mol. The number of ether oxygens (including phenoxy) is 1. The fourth-order valence-electron chi connectivity index (χ4n) is 4.13. The second-order valence-electron chi connectivity index (χ2n) is 7.99. The van der Waals surface area contributed by atoms with E-state index in [0.717, 1.165) is 16.3 Å². The molecule has 4 rings (SSSR count). The zero-order valence-electron chi connectivity index (χ0n) is 17.5. The molecule has 13 heteroatoms. The number of alkyl halides is 3. The number of aliphatic hydroxyl groups excluding tert-OH is 2. The Hall–Kier alpha value is -1.99. The van der Waals surface area contributed by atoms with Crippen molar-refractivity contribution in [2.75, 3.05) is 11.9 Å². The highest BCUT2D eigenvalue weighted by Crippen LogP contribution is 2.38. The summed E-state index contributed by atoms with van der Waals surface area (Å²) in [5.74, 6) is -0.383. The topological polar surface area (TPSA) is 105 Å². The first kappa shape index (κ1) is 24.1. The Morgan fingerprint density at radius 3 is 2.76 bits per heavy atom. The van der Waals surface area contributed by atoms with Crippen molar-refractivity contribution in [1.82, 2.24) is 19.5 Å². The minimum atomic E-state index is -4.80. The molecule has 0 saturated heterocycles. The number of imidazole rings is 1. The first-order chi connectivity index (χ1) is 15.7. The number of anilines is 1. The fraction of sp³-hybridized carbons (Fsp3) is 0.550. The molecule has 0 radical (unpaired) electrons. The van der Waals surface area contributed by atoms with Crippen LogP contribution in [0.25, 0.3) is 11.2 Å². The second-order valence-corrected chi connectivity index (χ2v) is 9.40. The van der Waals surface area contributed by atoms with E-state index < -0.39 is 37.1 Å². The van der Waals surface area contributed by atoms with Gasteiger partial charge in [0, 0.05) is 23.3 Å². The molecule has 0 bridgehead atoms. The molecule has 8 nitrogen and oxygen atoms in total.